The van der Waals surface area contributed by atoms with E-state index in [1.54, 1.807) is 6.92 Å². The summed E-state index contributed by atoms with van der Waals surface area (Å²) in [5.41, 5.74) is 0.372. The van der Waals surface area contributed by atoms with Crippen LogP contribution in [0, 0.1) is 0 Å². The average molecular weight is 241 g/mol. The summed E-state index contributed by atoms with van der Waals surface area (Å²) < 4.78 is 4.89. The van der Waals surface area contributed by atoms with Gasteiger partial charge in [0.1, 0.15) is 0 Å². The lowest BCUT2D eigenvalue weighted by molar-refractivity contribution is -0.140. The zero-order chi connectivity index (χ0) is 13.3. The van der Waals surface area contributed by atoms with E-state index in [-0.39, 0.29) is 0 Å². The van der Waals surface area contributed by atoms with Gasteiger partial charge in [0, 0.05) is 18.7 Å². The first-order chi connectivity index (χ1) is 8.02. The summed E-state index contributed by atoms with van der Waals surface area (Å²) in [7, 11) is 0. The maximum absolute atomic E-state index is 11.1. The molecule has 0 radical (unpaired) electrons. The second-order valence-corrected chi connectivity index (χ2v) is 3.66. The van der Waals surface area contributed by atoms with Crippen LogP contribution in [0.5, 0.6) is 0 Å². The molecule has 0 fully saturated rings. The van der Waals surface area contributed by atoms with Crippen LogP contribution < -0.4 is 0 Å². The standard InChI is InChI=1S/C12H19NO4/c1-4-13(11(15)9-14)7-5-6-8-17-12(16)10(2)3/h9H,2,4-8H2,1,3H3. The molecule has 1 amide bonds. The summed E-state index contributed by atoms with van der Waals surface area (Å²) in [4.78, 5) is 33.8. The van der Waals surface area contributed by atoms with E-state index in [0.717, 1.165) is 0 Å². The number of unbranched alkanes of at least 4 members (excludes halogenated alkanes) is 1. The Morgan fingerprint density at radius 2 is 2.00 bits per heavy atom. The summed E-state index contributed by atoms with van der Waals surface area (Å²) in [5.74, 6) is -0.909. The van der Waals surface area contributed by atoms with Gasteiger partial charge in [-0.15, -0.1) is 0 Å². The van der Waals surface area contributed by atoms with E-state index in [9.17, 15) is 14.4 Å². The highest BCUT2D eigenvalue weighted by Crippen LogP contribution is 1.98. The third-order valence-electron chi connectivity index (χ3n) is 2.20. The van der Waals surface area contributed by atoms with Crippen LogP contribution in [0.25, 0.3) is 0 Å². The number of nitrogens with zero attached hydrogens (tertiary/aromatic N) is 1. The van der Waals surface area contributed by atoms with Crippen LogP contribution in [0.15, 0.2) is 12.2 Å². The first-order valence-corrected chi connectivity index (χ1v) is 5.59. The van der Waals surface area contributed by atoms with E-state index in [1.807, 2.05) is 6.92 Å². The number of aldehydes is 1. The molecule has 0 atom stereocenters. The molecular weight excluding hydrogens is 222 g/mol. The van der Waals surface area contributed by atoms with Crippen LogP contribution in [0.1, 0.15) is 26.7 Å². The fourth-order valence-electron chi connectivity index (χ4n) is 1.19. The number of carbonyl (C=O) groups excluding carboxylic acids is 3. The van der Waals surface area contributed by atoms with Gasteiger partial charge in [0.2, 0.25) is 6.29 Å². The largest absolute Gasteiger partial charge is 0.462 e. The molecule has 0 N–H and O–H groups in total. The van der Waals surface area contributed by atoms with Gasteiger partial charge in [0.05, 0.1) is 6.61 Å². The van der Waals surface area contributed by atoms with Crippen LogP contribution in [-0.2, 0) is 19.1 Å². The van der Waals surface area contributed by atoms with Gasteiger partial charge < -0.3 is 9.64 Å². The van der Waals surface area contributed by atoms with Crippen molar-refractivity contribution in [1.82, 2.24) is 4.90 Å². The van der Waals surface area contributed by atoms with Gasteiger partial charge in [-0.2, -0.15) is 0 Å². The average Bonchev–Trinajstić information content (AvgIpc) is 2.32. The number of carbonyl (C=O) groups is 3. The number of amides is 1. The van der Waals surface area contributed by atoms with E-state index in [2.05, 4.69) is 6.58 Å². The molecule has 5 heteroatoms. The molecular formula is C12H19NO4. The van der Waals surface area contributed by atoms with Crippen molar-refractivity contribution in [1.29, 1.82) is 0 Å². The fourth-order valence-corrected chi connectivity index (χ4v) is 1.19. The van der Waals surface area contributed by atoms with E-state index in [4.69, 9.17) is 4.74 Å². The van der Waals surface area contributed by atoms with Gasteiger partial charge in [-0.1, -0.05) is 6.58 Å². The van der Waals surface area contributed by atoms with Crippen molar-refractivity contribution in [3.8, 4) is 0 Å². The fraction of sp³-hybridized carbons (Fsp3) is 0.583. The molecule has 0 aliphatic carbocycles. The minimum Gasteiger partial charge on any atom is -0.462 e. The third kappa shape index (κ3) is 6.50. The number of hydrogen-bond donors (Lipinski definition) is 0. The van der Waals surface area contributed by atoms with Gasteiger partial charge in [0.25, 0.3) is 5.91 Å². The number of likely N-dealkylation sites (N-methyl/N-ethyl adjacent to an activating group) is 1. The van der Waals surface area contributed by atoms with Gasteiger partial charge >= 0.3 is 5.97 Å². The first kappa shape index (κ1) is 15.3. The Kier molecular flexibility index (Phi) is 7.67. The number of ether oxygens (including phenoxy) is 1. The second-order valence-electron chi connectivity index (χ2n) is 3.66. The van der Waals surface area contributed by atoms with Gasteiger partial charge in [-0.25, -0.2) is 4.79 Å². The lowest BCUT2D eigenvalue weighted by atomic mass is 10.3. The number of esters is 1. The second kappa shape index (κ2) is 8.50. The topological polar surface area (TPSA) is 63.7 Å². The molecule has 0 bridgehead atoms. The Balaban J connectivity index is 3.69. The van der Waals surface area contributed by atoms with Crippen LogP contribution >= 0.6 is 0 Å². The third-order valence-corrected chi connectivity index (χ3v) is 2.20. The van der Waals surface area contributed by atoms with Gasteiger partial charge in [0.15, 0.2) is 0 Å². The Morgan fingerprint density at radius 3 is 2.47 bits per heavy atom. The molecule has 0 aromatic rings. The Bertz CT molecular complexity index is 299. The minimum absolute atomic E-state index is 0.304. The predicted molar refractivity (Wildman–Crippen MR) is 63.3 cm³/mol. The number of hydrogen-bond acceptors (Lipinski definition) is 4. The van der Waals surface area contributed by atoms with E-state index < -0.39 is 11.9 Å². The quantitative estimate of drug-likeness (QED) is 0.208. The summed E-state index contributed by atoms with van der Waals surface area (Å²) in [5, 5.41) is 0. The Hall–Kier alpha value is -1.65. The molecule has 0 rings (SSSR count). The molecule has 0 aliphatic heterocycles. The highest BCUT2D eigenvalue weighted by Gasteiger charge is 2.09. The summed E-state index contributed by atoms with van der Waals surface area (Å²) >= 11 is 0. The molecule has 96 valence electrons. The lowest BCUT2D eigenvalue weighted by Gasteiger charge is -2.17. The van der Waals surface area contributed by atoms with Crippen LogP contribution in [0.2, 0.25) is 0 Å². The summed E-state index contributed by atoms with van der Waals surface area (Å²) in [6, 6.07) is 0. The van der Waals surface area contributed by atoms with Crippen molar-refractivity contribution in [2.75, 3.05) is 19.7 Å². The molecule has 0 saturated heterocycles. The molecule has 0 aromatic carbocycles. The Morgan fingerprint density at radius 1 is 1.35 bits per heavy atom. The van der Waals surface area contributed by atoms with Crippen LogP contribution in [0.3, 0.4) is 0 Å². The minimum atomic E-state index is -0.508. The summed E-state index contributed by atoms with van der Waals surface area (Å²) in [6.45, 7) is 8.16. The molecule has 0 unspecified atom stereocenters. The van der Waals surface area contributed by atoms with Gasteiger partial charge in [-0.3, -0.25) is 9.59 Å². The normalized spacial score (nSPS) is 9.53. The molecule has 0 aromatic heterocycles. The van der Waals surface area contributed by atoms with Crippen LogP contribution in [0.4, 0.5) is 0 Å². The highest BCUT2D eigenvalue weighted by atomic mass is 16.5. The summed E-state index contributed by atoms with van der Waals surface area (Å²) in [6.07, 6.45) is 1.66. The van der Waals surface area contributed by atoms with Crippen molar-refractivity contribution in [2.24, 2.45) is 0 Å². The molecule has 5 nitrogen and oxygen atoms in total. The SMILES string of the molecule is C=C(C)C(=O)OCCCCN(CC)C(=O)C=O. The molecule has 0 saturated carbocycles. The van der Waals surface area contributed by atoms with Gasteiger partial charge in [-0.05, 0) is 26.7 Å². The zero-order valence-electron chi connectivity index (χ0n) is 10.4. The van der Waals surface area contributed by atoms with Crippen molar-refractivity contribution in [3.05, 3.63) is 12.2 Å². The van der Waals surface area contributed by atoms with Crippen molar-refractivity contribution < 1.29 is 19.1 Å². The van der Waals surface area contributed by atoms with E-state index >= 15 is 0 Å². The first-order valence-electron chi connectivity index (χ1n) is 5.59. The lowest BCUT2D eigenvalue weighted by Crippen LogP contribution is -2.32. The maximum atomic E-state index is 11.1. The van der Waals surface area contributed by atoms with Crippen LogP contribution in [-0.4, -0.2) is 42.8 Å². The smallest absolute Gasteiger partial charge is 0.333 e. The highest BCUT2D eigenvalue weighted by molar-refractivity contribution is 6.23. The molecule has 0 aliphatic rings. The predicted octanol–water partition coefficient (Wildman–Crippen LogP) is 0.933. The molecule has 0 heterocycles. The van der Waals surface area contributed by atoms with E-state index in [0.29, 0.717) is 44.4 Å². The van der Waals surface area contributed by atoms with E-state index in [1.165, 1.54) is 4.90 Å². The zero-order valence-corrected chi connectivity index (χ0v) is 10.4. The number of rotatable bonds is 8. The maximum Gasteiger partial charge on any atom is 0.333 e. The molecule has 17 heavy (non-hydrogen) atoms. The Labute approximate surface area is 101 Å². The molecule has 0 spiro atoms. The van der Waals surface area contributed by atoms with Crippen molar-refractivity contribution >= 4 is 18.2 Å². The monoisotopic (exact) mass is 241 g/mol. The van der Waals surface area contributed by atoms with Crippen molar-refractivity contribution in [2.45, 2.75) is 26.7 Å². The van der Waals surface area contributed by atoms with Crippen molar-refractivity contribution in [3.63, 3.8) is 0 Å².